The maximum absolute atomic E-state index is 12.5. The van der Waals surface area contributed by atoms with E-state index in [4.69, 9.17) is 26.1 Å². The Morgan fingerprint density at radius 1 is 0.830 bits per heavy atom. The smallest absolute Gasteiger partial charge is 0.226 e. The average Bonchev–Trinajstić information content (AvgIpc) is 3.94. The minimum Gasteiger partial charge on any atom is -0.596 e. The SMILES string of the molecule is [3H]C.[3H]C.[C-]#[N+]C1=C[C@]2(C)c3nn(C)c(-c4cn(C)[n+]([O-])c4)c3CC[C@H]2[C@H](C)C1=O.[C-]#[N+]C1=C[C@]2(C)c3nn(C)c(-c4cnn(C)c4)c3CC[C@H]2[C@H](C)C1=O. The van der Waals surface area contributed by atoms with Crippen molar-refractivity contribution in [3.8, 4) is 22.5 Å². The first-order chi connectivity index (χ1) is 26.1. The summed E-state index contributed by atoms with van der Waals surface area (Å²) in [6.45, 7) is 22.8. The second-order valence-electron chi connectivity index (χ2n) is 15.0. The third-order valence-electron chi connectivity index (χ3n) is 12.1. The number of hydrogen-bond acceptors (Lipinski definition) is 6. The van der Waals surface area contributed by atoms with Crippen LogP contribution in [0.4, 0.5) is 0 Å². The highest BCUT2D eigenvalue weighted by atomic mass is 16.5. The van der Waals surface area contributed by atoms with E-state index < -0.39 is 5.41 Å². The molecular weight excluding hydrogens is 669 g/mol. The molecule has 13 heteroatoms. The molecule has 0 N–H and O–H groups in total. The highest BCUT2D eigenvalue weighted by molar-refractivity contribution is 6.01. The van der Waals surface area contributed by atoms with Crippen molar-refractivity contribution in [2.45, 2.75) is 79.0 Å². The predicted molar refractivity (Wildman–Crippen MR) is 201 cm³/mol. The van der Waals surface area contributed by atoms with E-state index in [0.717, 1.165) is 70.0 Å². The lowest BCUT2D eigenvalue weighted by Crippen LogP contribution is -2.45. The molecule has 278 valence electrons. The Labute approximate surface area is 314 Å². The van der Waals surface area contributed by atoms with Gasteiger partial charge in [-0.25, -0.2) is 9.69 Å². The Morgan fingerprint density at radius 3 is 1.66 bits per heavy atom. The van der Waals surface area contributed by atoms with Gasteiger partial charge in [0.1, 0.15) is 0 Å². The van der Waals surface area contributed by atoms with Gasteiger partial charge in [0, 0.05) is 69.4 Å². The molecule has 0 amide bonds. The van der Waals surface area contributed by atoms with Gasteiger partial charge in [-0.1, -0.05) is 59.5 Å². The molecule has 0 saturated heterocycles. The van der Waals surface area contributed by atoms with Crippen LogP contribution in [0, 0.1) is 42.0 Å². The zero-order valence-corrected chi connectivity index (χ0v) is 32.3. The lowest BCUT2D eigenvalue weighted by molar-refractivity contribution is -0.691. The van der Waals surface area contributed by atoms with Crippen LogP contribution in [0.5, 0.6) is 0 Å². The molecule has 0 fully saturated rings. The van der Waals surface area contributed by atoms with Crippen molar-refractivity contribution in [3.05, 3.63) is 98.9 Å². The number of ketones is 2. The maximum atomic E-state index is 12.5. The largest absolute Gasteiger partial charge is 0.596 e. The Kier molecular flexibility index (Phi) is 9.09. The summed E-state index contributed by atoms with van der Waals surface area (Å²) in [5, 5.41) is 25.8. The molecule has 4 aromatic heterocycles. The molecule has 0 aromatic carbocycles. The zero-order chi connectivity index (χ0) is 40.7. The Hall–Kier alpha value is -5.56. The van der Waals surface area contributed by atoms with Crippen LogP contribution in [0.2, 0.25) is 0 Å². The minimum absolute atomic E-state index is 0.0238. The second kappa shape index (κ2) is 13.4. The van der Waals surface area contributed by atoms with Crippen LogP contribution in [0.3, 0.4) is 0 Å². The maximum Gasteiger partial charge on any atom is 0.226 e. The lowest BCUT2D eigenvalue weighted by Gasteiger charge is -2.44. The molecule has 0 spiro atoms. The van der Waals surface area contributed by atoms with Crippen LogP contribution >= 0.6 is 0 Å². The summed E-state index contributed by atoms with van der Waals surface area (Å²) < 4.78 is 18.5. The van der Waals surface area contributed by atoms with Crippen molar-refractivity contribution in [3.63, 3.8) is 0 Å². The summed E-state index contributed by atoms with van der Waals surface area (Å²) >= 11 is 0. The van der Waals surface area contributed by atoms with Gasteiger partial charge in [0.25, 0.3) is 0 Å². The number of nitrogens with zero attached hydrogens (tertiary/aromatic N) is 10. The molecule has 0 aliphatic heterocycles. The number of hydrogen-bond donors (Lipinski definition) is 0. The van der Waals surface area contributed by atoms with Gasteiger partial charge in [-0.15, -0.1) is 0 Å². The number of allylic oxidation sites excluding steroid dienone is 4. The molecule has 0 bridgehead atoms. The van der Waals surface area contributed by atoms with Crippen molar-refractivity contribution in [1.82, 2.24) is 34.0 Å². The third-order valence-corrected chi connectivity index (χ3v) is 12.1. The molecule has 0 radical (unpaired) electrons. The molecule has 13 nitrogen and oxygen atoms in total. The van der Waals surface area contributed by atoms with Gasteiger partial charge in [0.05, 0.1) is 60.9 Å². The van der Waals surface area contributed by atoms with E-state index in [9.17, 15) is 14.8 Å². The van der Waals surface area contributed by atoms with E-state index in [0.29, 0.717) is 0 Å². The van der Waals surface area contributed by atoms with Crippen molar-refractivity contribution in [1.29, 1.82) is 0 Å². The Balaban J connectivity index is 0.000000194. The summed E-state index contributed by atoms with van der Waals surface area (Å²) in [6, 6.07) is 0. The van der Waals surface area contributed by atoms with Crippen LogP contribution in [-0.4, -0.2) is 45.6 Å². The van der Waals surface area contributed by atoms with E-state index in [1.54, 1.807) is 24.1 Å². The van der Waals surface area contributed by atoms with Crippen molar-refractivity contribution >= 4 is 11.6 Å². The molecule has 4 aliphatic rings. The van der Waals surface area contributed by atoms with Gasteiger partial charge in [-0.3, -0.25) is 14.0 Å². The van der Waals surface area contributed by atoms with Gasteiger partial charge in [0.15, 0.2) is 11.6 Å². The third kappa shape index (κ3) is 5.65. The number of carbonyl (C=O) groups is 2. The van der Waals surface area contributed by atoms with E-state index in [-0.39, 0.29) is 52.0 Å². The van der Waals surface area contributed by atoms with Crippen LogP contribution in [0.1, 0.15) is 80.6 Å². The lowest BCUT2D eigenvalue weighted by atomic mass is 9.58. The number of rotatable bonds is 2. The summed E-state index contributed by atoms with van der Waals surface area (Å²) in [7, 11) is 9.94. The first-order valence-electron chi connectivity index (χ1n) is 19.3. The highest BCUT2D eigenvalue weighted by Gasteiger charge is 2.51. The minimum atomic E-state index is -0.445. The molecular formula is C40H50N10O3. The fourth-order valence-corrected chi connectivity index (χ4v) is 9.52. The van der Waals surface area contributed by atoms with Crippen LogP contribution < -0.4 is 4.85 Å². The number of fused-ring (bicyclic) bond motifs is 6. The van der Waals surface area contributed by atoms with E-state index in [1.165, 1.54) is 25.1 Å². The van der Waals surface area contributed by atoms with Gasteiger partial charge < -0.3 is 14.8 Å². The molecule has 6 atom stereocenters. The molecule has 0 saturated carbocycles. The predicted octanol–water partition coefficient (Wildman–Crippen LogP) is 5.84. The second-order valence-corrected chi connectivity index (χ2v) is 15.0. The summed E-state index contributed by atoms with van der Waals surface area (Å²) in [4.78, 5) is 32.6. The summed E-state index contributed by atoms with van der Waals surface area (Å²) in [5.74, 6) is -0.0863. The highest BCUT2D eigenvalue weighted by Crippen LogP contribution is 2.52. The number of aromatic nitrogens is 8. The van der Waals surface area contributed by atoms with Gasteiger partial charge in [-0.05, 0) is 37.5 Å². The van der Waals surface area contributed by atoms with Gasteiger partial charge in [0.2, 0.25) is 17.6 Å². The topological polar surface area (TPSA) is 128 Å². The molecule has 0 unspecified atom stereocenters. The van der Waals surface area contributed by atoms with Crippen molar-refractivity contribution in [2.24, 2.45) is 51.9 Å². The molecule has 53 heavy (non-hydrogen) atoms. The van der Waals surface area contributed by atoms with Crippen molar-refractivity contribution in [2.75, 3.05) is 0 Å². The number of Topliss-reactive ketones (excluding diaryl/α,β-unsaturated/α-hetero) is 2. The Morgan fingerprint density at radius 2 is 1.28 bits per heavy atom. The summed E-state index contributed by atoms with van der Waals surface area (Å²) in [6.07, 6.45) is 14.4. The first kappa shape index (κ1) is 35.8. The number of aryl methyl sites for hydroxylation is 4. The van der Waals surface area contributed by atoms with Gasteiger partial charge >= 0.3 is 0 Å². The molecule has 8 rings (SSSR count). The van der Waals surface area contributed by atoms with Gasteiger partial charge in [-0.2, -0.15) is 20.0 Å². The quantitative estimate of drug-likeness (QED) is 0.145. The Bertz CT molecular complexity index is 2280. The van der Waals surface area contributed by atoms with Crippen molar-refractivity contribution < 1.29 is 17.2 Å². The standard InChI is InChI=1S/C19H21N5O2.C19H21N5O.2CH4/c1-11-14-7-6-13-16(12-9-22(4)24(26)10-12)23(5)21-18(13)19(14,2)8-15(20-3)17(11)25;1-11-14-7-6-13-16(12-9-21-23(4)10-12)24(5)22-18(13)19(14,2)8-15(20-3)17(11)25;;/h8-11,14H,6-7H2,1-2,4-5H3;8-11,14H,6-7H2,1-2,4-5H3;2*1H4/t2*11-,14-,19-;;/m00../s1/i;;2*1T. The monoisotopic (exact) mass is 722 g/mol. The number of carbonyl (C=O) groups excluding carboxylic acids is 2. The normalized spacial score (nSPS) is 27.0. The van der Waals surface area contributed by atoms with Crippen LogP contribution in [0.25, 0.3) is 32.2 Å². The summed E-state index contributed by atoms with van der Waals surface area (Å²) in [5.41, 5.74) is 7.82. The molecule has 4 aliphatic carbocycles. The fourth-order valence-electron chi connectivity index (χ4n) is 9.52. The van der Waals surface area contributed by atoms with Crippen LogP contribution in [0.15, 0.2) is 48.3 Å². The molecule has 4 heterocycles. The van der Waals surface area contributed by atoms with E-state index >= 15 is 0 Å². The van der Waals surface area contributed by atoms with Crippen LogP contribution in [-0.2, 0) is 61.5 Å². The van der Waals surface area contributed by atoms with E-state index in [1.807, 2.05) is 68.9 Å². The van der Waals surface area contributed by atoms with E-state index in [2.05, 4.69) is 28.6 Å². The zero-order valence-electron chi connectivity index (χ0n) is 34.3. The first-order valence-corrected chi connectivity index (χ1v) is 17.3. The fraction of sp³-hybridized carbons (Fsp3) is 0.500. The average molecular weight is 723 g/mol. The molecule has 4 aromatic rings.